The van der Waals surface area contributed by atoms with Crippen molar-refractivity contribution >= 4 is 6.03 Å². The quantitative estimate of drug-likeness (QED) is 0.513. The minimum Gasteiger partial charge on any atom is -0.361 e. The molecule has 0 spiro atoms. The van der Waals surface area contributed by atoms with E-state index in [9.17, 15) is 4.79 Å². The molecular weight excluding hydrogens is 256 g/mol. The summed E-state index contributed by atoms with van der Waals surface area (Å²) in [5.74, 6) is 0. The van der Waals surface area contributed by atoms with E-state index in [1.807, 2.05) is 13.8 Å². The Morgan fingerprint density at radius 3 is 1.15 bits per heavy atom. The largest absolute Gasteiger partial charge is 0.361 e. The van der Waals surface area contributed by atoms with E-state index in [-0.39, 0.29) is 78.9 Å². The van der Waals surface area contributed by atoms with Crippen molar-refractivity contribution in [1.29, 1.82) is 0 Å². The van der Waals surface area contributed by atoms with Gasteiger partial charge in [-0.3, -0.25) is 0 Å². The molecule has 0 atom stereocenters. The molecule has 136 valence electrons. The van der Waals surface area contributed by atoms with E-state index in [1.165, 1.54) is 0 Å². The summed E-state index contributed by atoms with van der Waals surface area (Å²) in [5.41, 5.74) is 0. The van der Waals surface area contributed by atoms with Crippen LogP contribution < -0.4 is 10.6 Å². The lowest BCUT2D eigenvalue weighted by atomic mass is 10.8. The molecule has 5 heteroatoms. The third-order valence-corrected chi connectivity index (χ3v) is 1.08. The van der Waals surface area contributed by atoms with Gasteiger partial charge in [0.15, 0.2) is 0 Å². The Hall–Kier alpha value is -0.810. The lowest BCUT2D eigenvalue weighted by molar-refractivity contribution is 0.116. The fourth-order valence-electron chi connectivity index (χ4n) is 0.500. The second kappa shape index (κ2) is 51.8. The minimum absolute atomic E-state index is 0. The molecule has 0 bridgehead atoms. The molecule has 20 heavy (non-hydrogen) atoms. The van der Waals surface area contributed by atoms with Gasteiger partial charge in [0.25, 0.3) is 0 Å². The molecule has 0 rings (SSSR count). The number of carbonyl (C=O) groups excluding carboxylic acids is 1. The maximum atomic E-state index is 10.8. The number of hydrogen-bond donors (Lipinski definition) is 2. The van der Waals surface area contributed by atoms with Gasteiger partial charge in [-0.05, 0) is 13.8 Å². The molecule has 0 unspecified atom stereocenters. The Morgan fingerprint density at radius 2 is 0.950 bits per heavy atom. The Balaban J connectivity index is -0.0000000216. The summed E-state index contributed by atoms with van der Waals surface area (Å²) in [5, 5.41) is 4.98. The molecule has 0 aromatic rings. The highest BCUT2D eigenvalue weighted by atomic mass is 16.5. The standard InChI is InChI=1S/C7H16N2O3.8CH4/c1-3-11-5-8-7(10)9-6-12-4-2;;;;;;;;/h3-6H2,1-2H3,(H2,8,9,10);8*1H4. The van der Waals surface area contributed by atoms with E-state index in [0.29, 0.717) is 13.2 Å². The van der Waals surface area contributed by atoms with Crippen molar-refractivity contribution in [1.82, 2.24) is 10.6 Å². The zero-order valence-corrected chi connectivity index (χ0v) is 7.55. The monoisotopic (exact) mass is 304 g/mol. The van der Waals surface area contributed by atoms with Crippen molar-refractivity contribution in [2.45, 2.75) is 73.3 Å². The predicted molar refractivity (Wildman–Crippen MR) is 98.5 cm³/mol. The first kappa shape index (κ1) is 61.1. The number of rotatable bonds is 6. The van der Waals surface area contributed by atoms with Crippen molar-refractivity contribution in [2.75, 3.05) is 26.7 Å². The number of carbonyl (C=O) groups is 1. The van der Waals surface area contributed by atoms with Crippen LogP contribution >= 0.6 is 0 Å². The van der Waals surface area contributed by atoms with Gasteiger partial charge in [-0.2, -0.15) is 0 Å². The Morgan fingerprint density at radius 1 is 0.700 bits per heavy atom. The van der Waals surface area contributed by atoms with E-state index in [1.54, 1.807) is 0 Å². The maximum Gasteiger partial charge on any atom is 0.318 e. The van der Waals surface area contributed by atoms with Gasteiger partial charge < -0.3 is 20.1 Å². The van der Waals surface area contributed by atoms with E-state index in [0.717, 1.165) is 0 Å². The highest BCUT2D eigenvalue weighted by Crippen LogP contribution is 1.71. The summed E-state index contributed by atoms with van der Waals surface area (Å²) in [4.78, 5) is 10.8. The van der Waals surface area contributed by atoms with Crippen LogP contribution in [0.15, 0.2) is 0 Å². The second-order valence-corrected chi connectivity index (χ2v) is 1.96. The molecule has 5 nitrogen and oxygen atoms in total. The van der Waals surface area contributed by atoms with Crippen LogP contribution in [-0.4, -0.2) is 32.7 Å². The minimum atomic E-state index is -0.281. The topological polar surface area (TPSA) is 59.6 Å². The smallest absolute Gasteiger partial charge is 0.318 e. The fraction of sp³-hybridized carbons (Fsp3) is 0.933. The SMILES string of the molecule is C.C.C.C.C.C.C.C.CCOCNC(=O)NCOCC. The predicted octanol–water partition coefficient (Wildman–Crippen LogP) is 5.36. The Labute approximate surface area is 131 Å². The van der Waals surface area contributed by atoms with Gasteiger partial charge in [-0.25, -0.2) is 4.79 Å². The highest BCUT2D eigenvalue weighted by Gasteiger charge is 1.95. The maximum absolute atomic E-state index is 10.8. The van der Waals surface area contributed by atoms with Crippen LogP contribution in [0.3, 0.4) is 0 Å². The zero-order chi connectivity index (χ0) is 9.23. The average molecular weight is 305 g/mol. The van der Waals surface area contributed by atoms with Crippen LogP contribution in [0.5, 0.6) is 0 Å². The number of hydrogen-bond acceptors (Lipinski definition) is 3. The van der Waals surface area contributed by atoms with Crippen LogP contribution in [0.2, 0.25) is 0 Å². The zero-order valence-electron chi connectivity index (χ0n) is 7.55. The number of nitrogens with one attached hydrogen (secondary N) is 2. The Kier molecular flexibility index (Phi) is 158. The first-order valence-electron chi connectivity index (χ1n) is 3.98. The second-order valence-electron chi connectivity index (χ2n) is 1.96. The van der Waals surface area contributed by atoms with Gasteiger partial charge in [0, 0.05) is 13.2 Å². The molecule has 0 fully saturated rings. The summed E-state index contributed by atoms with van der Waals surface area (Å²) in [6, 6.07) is -0.281. The number of ether oxygens (including phenoxy) is 2. The third-order valence-electron chi connectivity index (χ3n) is 1.08. The van der Waals surface area contributed by atoms with Crippen molar-refractivity contribution in [3.05, 3.63) is 0 Å². The molecule has 2 N–H and O–H groups in total. The van der Waals surface area contributed by atoms with Crippen LogP contribution in [0.4, 0.5) is 4.79 Å². The van der Waals surface area contributed by atoms with Crippen molar-refractivity contribution in [2.24, 2.45) is 0 Å². The van der Waals surface area contributed by atoms with Crippen LogP contribution in [0.25, 0.3) is 0 Å². The van der Waals surface area contributed by atoms with E-state index in [4.69, 9.17) is 9.47 Å². The molecule has 0 saturated heterocycles. The summed E-state index contributed by atoms with van der Waals surface area (Å²) < 4.78 is 9.80. The van der Waals surface area contributed by atoms with Gasteiger partial charge in [-0.1, -0.05) is 59.4 Å². The Bertz CT molecular complexity index is 112. The first-order valence-corrected chi connectivity index (χ1v) is 3.98. The van der Waals surface area contributed by atoms with E-state index < -0.39 is 0 Å². The van der Waals surface area contributed by atoms with Crippen LogP contribution in [0.1, 0.15) is 73.3 Å². The van der Waals surface area contributed by atoms with Crippen molar-refractivity contribution in [3.63, 3.8) is 0 Å². The molecule has 0 aliphatic carbocycles. The molecule has 0 aliphatic heterocycles. The summed E-state index contributed by atoms with van der Waals surface area (Å²) in [7, 11) is 0. The normalized spacial score (nSPS) is 5.70. The van der Waals surface area contributed by atoms with Gasteiger partial charge in [0.2, 0.25) is 0 Å². The summed E-state index contributed by atoms with van der Waals surface area (Å²) in [6.07, 6.45) is 0. The summed E-state index contributed by atoms with van der Waals surface area (Å²) in [6.45, 7) is 5.36. The van der Waals surface area contributed by atoms with Gasteiger partial charge in [0.1, 0.15) is 13.5 Å². The molecule has 0 saturated carbocycles. The number of amides is 2. The third kappa shape index (κ3) is 53.4. The fourth-order valence-corrected chi connectivity index (χ4v) is 0.500. The van der Waals surface area contributed by atoms with Gasteiger partial charge in [-0.15, -0.1) is 0 Å². The average Bonchev–Trinajstić information content (AvgIpc) is 2.06. The molecule has 2 amide bonds. The van der Waals surface area contributed by atoms with Gasteiger partial charge in [0.05, 0.1) is 0 Å². The lowest BCUT2D eigenvalue weighted by Crippen LogP contribution is -2.37. The van der Waals surface area contributed by atoms with Gasteiger partial charge >= 0.3 is 6.03 Å². The lowest BCUT2D eigenvalue weighted by Gasteiger charge is -2.06. The first-order chi connectivity index (χ1) is 5.81. The molecule has 0 heterocycles. The van der Waals surface area contributed by atoms with Crippen LogP contribution in [-0.2, 0) is 9.47 Å². The molecular formula is C15H48N2O3. The molecule has 0 aliphatic rings. The molecule has 0 radical (unpaired) electrons. The molecule has 0 aromatic heterocycles. The van der Waals surface area contributed by atoms with E-state index >= 15 is 0 Å². The van der Waals surface area contributed by atoms with Crippen molar-refractivity contribution in [3.8, 4) is 0 Å². The highest BCUT2D eigenvalue weighted by molar-refractivity contribution is 5.73. The molecule has 0 aromatic carbocycles. The summed E-state index contributed by atoms with van der Waals surface area (Å²) >= 11 is 0. The van der Waals surface area contributed by atoms with E-state index in [2.05, 4.69) is 10.6 Å². The van der Waals surface area contributed by atoms with Crippen molar-refractivity contribution < 1.29 is 14.3 Å². The van der Waals surface area contributed by atoms with Crippen LogP contribution in [0, 0.1) is 0 Å². The number of urea groups is 1.